The molecule has 11 heteroatoms. The minimum Gasteiger partial charge on any atom is -0.497 e. The molecule has 1 atom stereocenters. The minimum absolute atomic E-state index is 0.212. The number of methoxy groups -OCH3 is 1. The number of fused-ring (bicyclic) bond motifs is 1. The Morgan fingerprint density at radius 3 is 2.45 bits per heavy atom. The fourth-order valence-electron chi connectivity index (χ4n) is 5.40. The number of rotatable bonds is 11. The smallest absolute Gasteiger partial charge is 0.309 e. The van der Waals surface area contributed by atoms with Crippen LogP contribution in [0.3, 0.4) is 0 Å². The third-order valence-electron chi connectivity index (χ3n) is 7.81. The van der Waals surface area contributed by atoms with Crippen molar-refractivity contribution in [2.24, 2.45) is 5.41 Å². The summed E-state index contributed by atoms with van der Waals surface area (Å²) in [4.78, 5) is 20.8. The highest BCUT2D eigenvalue weighted by atomic mass is 19.1. The number of carboxylic acids is 1. The van der Waals surface area contributed by atoms with Crippen LogP contribution in [-0.4, -0.2) is 73.5 Å². The number of likely N-dealkylation sites (tertiary alicyclic amines) is 1. The monoisotopic (exact) mass is 560 g/mol. The lowest BCUT2D eigenvalue weighted by atomic mass is 9.74. The Kier molecular flexibility index (Phi) is 9.05. The largest absolute Gasteiger partial charge is 0.497 e. The van der Waals surface area contributed by atoms with Crippen molar-refractivity contribution in [1.29, 1.82) is 0 Å². The van der Waals surface area contributed by atoms with Gasteiger partial charge < -0.3 is 30.1 Å². The Bertz CT molecular complexity index is 1340. The van der Waals surface area contributed by atoms with Gasteiger partial charge in [0.1, 0.15) is 17.3 Å². The fourth-order valence-corrected chi connectivity index (χ4v) is 5.40. The predicted octanol–water partition coefficient (Wildman–Crippen LogP) is 4.82. The summed E-state index contributed by atoms with van der Waals surface area (Å²) >= 11 is 0. The summed E-state index contributed by atoms with van der Waals surface area (Å²) in [6.45, 7) is 1.61. The molecule has 0 aliphatic carbocycles. The van der Waals surface area contributed by atoms with Crippen molar-refractivity contribution in [2.45, 2.75) is 31.8 Å². The van der Waals surface area contributed by atoms with Gasteiger partial charge in [0.15, 0.2) is 11.6 Å². The SMILES string of the molecule is COc1ccc2ncc(N(C)C)c(C(O)CCC3(C(=O)O)CCN(CCNc4c(F)cc(F)cc4F)CC3)c2c1. The van der Waals surface area contributed by atoms with E-state index < -0.39 is 34.9 Å². The fraction of sp³-hybridized carbons (Fsp3) is 0.448. The number of piperidine rings is 1. The number of halogens is 3. The lowest BCUT2D eigenvalue weighted by Gasteiger charge is -2.39. The Labute approximate surface area is 231 Å². The standard InChI is InChI=1S/C29H35F3N4O4/c1-35(2)24-17-34-23-5-4-19(40-3)16-20(23)26(24)25(37)6-7-29(28(38)39)8-11-36(12-9-29)13-10-33-27-21(31)14-18(30)15-22(27)32/h4-5,14-17,25,33,37H,6-13H2,1-3H3,(H,38,39). The predicted molar refractivity (Wildman–Crippen MR) is 147 cm³/mol. The number of hydrogen-bond acceptors (Lipinski definition) is 7. The highest BCUT2D eigenvalue weighted by Crippen LogP contribution is 2.41. The van der Waals surface area contributed by atoms with E-state index in [0.717, 1.165) is 11.1 Å². The van der Waals surface area contributed by atoms with Gasteiger partial charge in [0.05, 0.1) is 36.0 Å². The van der Waals surface area contributed by atoms with Crippen molar-refractivity contribution < 1.29 is 32.9 Å². The number of anilines is 2. The van der Waals surface area contributed by atoms with Crippen LogP contribution >= 0.6 is 0 Å². The number of nitrogens with one attached hydrogen (secondary N) is 1. The molecule has 2 heterocycles. The highest BCUT2D eigenvalue weighted by Gasteiger charge is 2.41. The van der Waals surface area contributed by atoms with Crippen LogP contribution in [0.4, 0.5) is 24.5 Å². The Balaban J connectivity index is 1.41. The van der Waals surface area contributed by atoms with E-state index in [1.54, 1.807) is 19.4 Å². The van der Waals surface area contributed by atoms with Gasteiger partial charge in [0.25, 0.3) is 0 Å². The van der Waals surface area contributed by atoms with Crippen molar-refractivity contribution in [1.82, 2.24) is 9.88 Å². The summed E-state index contributed by atoms with van der Waals surface area (Å²) in [6.07, 6.45) is 2.06. The number of carbonyl (C=O) groups is 1. The van der Waals surface area contributed by atoms with Crippen LogP contribution < -0.4 is 15.0 Å². The van der Waals surface area contributed by atoms with E-state index in [9.17, 15) is 28.2 Å². The summed E-state index contributed by atoms with van der Waals surface area (Å²) in [5, 5.41) is 25.0. The van der Waals surface area contributed by atoms with Gasteiger partial charge in [-0.25, -0.2) is 13.2 Å². The van der Waals surface area contributed by atoms with Gasteiger partial charge >= 0.3 is 5.97 Å². The number of ether oxygens (including phenoxy) is 1. The van der Waals surface area contributed by atoms with Crippen LogP contribution in [0.25, 0.3) is 10.9 Å². The van der Waals surface area contributed by atoms with Crippen LogP contribution in [0.2, 0.25) is 0 Å². The Morgan fingerprint density at radius 1 is 1.18 bits per heavy atom. The first-order chi connectivity index (χ1) is 19.0. The zero-order chi connectivity index (χ0) is 29.0. The molecule has 1 aromatic heterocycles. The van der Waals surface area contributed by atoms with E-state index in [2.05, 4.69) is 10.3 Å². The maximum absolute atomic E-state index is 13.9. The van der Waals surface area contributed by atoms with Gasteiger partial charge in [0, 0.05) is 50.3 Å². The zero-order valence-corrected chi connectivity index (χ0v) is 22.9. The number of hydrogen-bond donors (Lipinski definition) is 3. The summed E-state index contributed by atoms with van der Waals surface area (Å²) in [5.74, 6) is -3.26. The summed E-state index contributed by atoms with van der Waals surface area (Å²) in [7, 11) is 5.29. The van der Waals surface area contributed by atoms with E-state index in [1.807, 2.05) is 36.0 Å². The normalized spacial score (nSPS) is 16.1. The molecule has 8 nitrogen and oxygen atoms in total. The molecule has 1 aliphatic heterocycles. The van der Waals surface area contributed by atoms with Gasteiger partial charge in [-0.2, -0.15) is 0 Å². The lowest BCUT2D eigenvalue weighted by molar-refractivity contribution is -0.153. The van der Waals surface area contributed by atoms with Gasteiger partial charge in [-0.15, -0.1) is 0 Å². The summed E-state index contributed by atoms with van der Waals surface area (Å²) in [5.41, 5.74) is 0.743. The van der Waals surface area contributed by atoms with Crippen molar-refractivity contribution >= 4 is 28.2 Å². The summed E-state index contributed by atoms with van der Waals surface area (Å²) in [6, 6.07) is 6.70. The minimum atomic E-state index is -1.00. The van der Waals surface area contributed by atoms with E-state index in [4.69, 9.17) is 4.74 Å². The molecular formula is C29H35F3N4O4. The Hall–Kier alpha value is -3.57. The Morgan fingerprint density at radius 2 is 1.85 bits per heavy atom. The van der Waals surface area contributed by atoms with Gasteiger partial charge in [0.2, 0.25) is 0 Å². The molecule has 3 N–H and O–H groups in total. The molecule has 0 radical (unpaired) electrons. The summed E-state index contributed by atoms with van der Waals surface area (Å²) < 4.78 is 46.3. The molecule has 40 heavy (non-hydrogen) atoms. The van der Waals surface area contributed by atoms with E-state index in [-0.39, 0.29) is 25.1 Å². The van der Waals surface area contributed by atoms with Crippen LogP contribution in [0.15, 0.2) is 36.5 Å². The number of aromatic nitrogens is 1. The van der Waals surface area contributed by atoms with E-state index >= 15 is 0 Å². The van der Waals surface area contributed by atoms with Crippen LogP contribution in [0, 0.1) is 22.9 Å². The first-order valence-corrected chi connectivity index (χ1v) is 13.2. The number of aliphatic hydroxyl groups is 1. The van der Waals surface area contributed by atoms with Gasteiger partial charge in [-0.1, -0.05) is 0 Å². The van der Waals surface area contributed by atoms with Crippen molar-refractivity contribution in [3.63, 3.8) is 0 Å². The molecule has 1 unspecified atom stereocenters. The molecule has 1 aliphatic rings. The third kappa shape index (κ3) is 6.26. The van der Waals surface area contributed by atoms with E-state index in [0.29, 0.717) is 61.4 Å². The van der Waals surface area contributed by atoms with Crippen LogP contribution in [0.1, 0.15) is 37.4 Å². The number of benzene rings is 2. The second-order valence-corrected chi connectivity index (χ2v) is 10.5. The van der Waals surface area contributed by atoms with Gasteiger partial charge in [-0.3, -0.25) is 9.78 Å². The molecule has 1 fully saturated rings. The van der Waals surface area contributed by atoms with Crippen LogP contribution in [-0.2, 0) is 4.79 Å². The molecule has 1 saturated heterocycles. The number of aliphatic carboxylic acids is 1. The van der Waals surface area contributed by atoms with Crippen molar-refractivity contribution in [3.05, 3.63) is 59.5 Å². The number of pyridine rings is 1. The number of carboxylic acid groups (broad SMARTS) is 1. The molecule has 2 aromatic carbocycles. The maximum atomic E-state index is 13.9. The second kappa shape index (κ2) is 12.3. The lowest BCUT2D eigenvalue weighted by Crippen LogP contribution is -2.45. The quantitative estimate of drug-likeness (QED) is 0.307. The number of nitrogens with zero attached hydrogens (tertiary/aromatic N) is 3. The highest BCUT2D eigenvalue weighted by molar-refractivity contribution is 5.88. The number of aliphatic hydroxyl groups excluding tert-OH is 1. The molecule has 0 amide bonds. The average Bonchev–Trinajstić information content (AvgIpc) is 2.92. The molecule has 0 spiro atoms. The molecular weight excluding hydrogens is 525 g/mol. The topological polar surface area (TPSA) is 98.2 Å². The van der Waals surface area contributed by atoms with Crippen molar-refractivity contribution in [2.75, 3.05) is 57.6 Å². The molecule has 3 aromatic rings. The van der Waals surface area contributed by atoms with E-state index in [1.165, 1.54) is 0 Å². The maximum Gasteiger partial charge on any atom is 0.309 e. The first kappa shape index (κ1) is 29.4. The molecule has 0 bridgehead atoms. The second-order valence-electron chi connectivity index (χ2n) is 10.5. The first-order valence-electron chi connectivity index (χ1n) is 13.2. The molecule has 4 rings (SSSR count). The van der Waals surface area contributed by atoms with Crippen molar-refractivity contribution in [3.8, 4) is 5.75 Å². The molecule has 0 saturated carbocycles. The van der Waals surface area contributed by atoms with Gasteiger partial charge in [-0.05, 0) is 57.0 Å². The van der Waals surface area contributed by atoms with Crippen LogP contribution in [0.5, 0.6) is 5.75 Å². The third-order valence-corrected chi connectivity index (χ3v) is 7.81. The zero-order valence-electron chi connectivity index (χ0n) is 22.9. The molecule has 216 valence electrons. The average molecular weight is 561 g/mol.